The molecule has 3 heteroatoms. The molecule has 0 spiro atoms. The number of hydrogen-bond donors (Lipinski definition) is 1. The third kappa shape index (κ3) is 2.37. The maximum absolute atomic E-state index is 5.63. The van der Waals surface area contributed by atoms with Crippen molar-refractivity contribution >= 4 is 17.4 Å². The number of benzene rings is 1. The highest BCUT2D eigenvalue weighted by atomic mass is 32.2. The third-order valence-electron chi connectivity index (χ3n) is 2.88. The molecule has 0 saturated heterocycles. The lowest BCUT2D eigenvalue weighted by Gasteiger charge is -2.33. The lowest BCUT2D eigenvalue weighted by atomic mass is 10.2. The van der Waals surface area contributed by atoms with Crippen LogP contribution in [0.4, 0.5) is 5.69 Å². The van der Waals surface area contributed by atoms with Gasteiger partial charge in [0.1, 0.15) is 0 Å². The number of para-hydroxylation sites is 1. The Morgan fingerprint density at radius 2 is 2.00 bits per heavy atom. The summed E-state index contributed by atoms with van der Waals surface area (Å²) in [6.07, 6.45) is 4.75. The van der Waals surface area contributed by atoms with Crippen LogP contribution in [0.25, 0.3) is 0 Å². The monoisotopic (exact) mass is 258 g/mol. The van der Waals surface area contributed by atoms with E-state index in [-0.39, 0.29) is 0 Å². The maximum Gasteiger partial charge on any atom is 0.0552 e. The fourth-order valence-electron chi connectivity index (χ4n) is 2.05. The molecule has 0 atom stereocenters. The van der Waals surface area contributed by atoms with Gasteiger partial charge in [0.25, 0.3) is 0 Å². The van der Waals surface area contributed by atoms with Crippen LogP contribution in [0, 0.1) is 0 Å². The molecule has 0 fully saturated rings. The summed E-state index contributed by atoms with van der Waals surface area (Å²) >= 11 is 1.74. The lowest BCUT2D eigenvalue weighted by Crippen LogP contribution is -2.27. The van der Waals surface area contributed by atoms with Crippen LogP contribution in [0.15, 0.2) is 65.1 Å². The molecule has 0 radical (unpaired) electrons. The molecule has 94 valence electrons. The molecular formula is C15H18N2S. The quantitative estimate of drug-likeness (QED) is 0.876. The molecule has 2 rings (SSSR count). The second-order valence-electron chi connectivity index (χ2n) is 4.02. The average Bonchev–Trinajstić information content (AvgIpc) is 2.43. The SMILES string of the molecule is C=CC1=C(C=C)N(CCCN)c2ccccc2S1. The average molecular weight is 258 g/mol. The molecule has 0 bridgehead atoms. The minimum absolute atomic E-state index is 0.694. The van der Waals surface area contributed by atoms with Gasteiger partial charge in [0.2, 0.25) is 0 Å². The van der Waals surface area contributed by atoms with Crippen molar-refractivity contribution in [3.05, 3.63) is 60.2 Å². The van der Waals surface area contributed by atoms with Crippen molar-refractivity contribution in [1.29, 1.82) is 0 Å². The predicted molar refractivity (Wildman–Crippen MR) is 80.7 cm³/mol. The zero-order chi connectivity index (χ0) is 13.0. The zero-order valence-corrected chi connectivity index (χ0v) is 11.2. The molecule has 0 unspecified atom stereocenters. The molecule has 1 aliphatic heterocycles. The van der Waals surface area contributed by atoms with E-state index in [1.165, 1.54) is 10.6 Å². The summed E-state index contributed by atoms with van der Waals surface area (Å²) in [6, 6.07) is 8.40. The molecule has 18 heavy (non-hydrogen) atoms. The van der Waals surface area contributed by atoms with E-state index < -0.39 is 0 Å². The number of hydrogen-bond acceptors (Lipinski definition) is 3. The zero-order valence-electron chi connectivity index (χ0n) is 10.4. The first-order chi connectivity index (χ1) is 8.81. The van der Waals surface area contributed by atoms with Gasteiger partial charge in [-0.2, -0.15) is 0 Å². The van der Waals surface area contributed by atoms with Crippen molar-refractivity contribution in [1.82, 2.24) is 0 Å². The number of nitrogens with two attached hydrogens (primary N) is 1. The topological polar surface area (TPSA) is 29.3 Å². The molecule has 0 aromatic heterocycles. The Hall–Kier alpha value is -1.45. The molecule has 1 aromatic rings. The number of allylic oxidation sites excluding steroid dienone is 2. The fourth-order valence-corrected chi connectivity index (χ4v) is 3.10. The van der Waals surface area contributed by atoms with Crippen LogP contribution in [0.5, 0.6) is 0 Å². The summed E-state index contributed by atoms with van der Waals surface area (Å²) in [5, 5.41) is 0. The molecule has 1 aliphatic rings. The smallest absolute Gasteiger partial charge is 0.0552 e. The van der Waals surface area contributed by atoms with Gasteiger partial charge in [0.15, 0.2) is 0 Å². The number of thioether (sulfide) groups is 1. The van der Waals surface area contributed by atoms with Crippen LogP contribution in [-0.2, 0) is 0 Å². The highest BCUT2D eigenvalue weighted by molar-refractivity contribution is 8.03. The van der Waals surface area contributed by atoms with Gasteiger partial charge in [0.05, 0.1) is 11.4 Å². The van der Waals surface area contributed by atoms with Gasteiger partial charge >= 0.3 is 0 Å². The number of anilines is 1. The van der Waals surface area contributed by atoms with Crippen LogP contribution in [0.2, 0.25) is 0 Å². The Balaban J connectivity index is 2.45. The predicted octanol–water partition coefficient (Wildman–Crippen LogP) is 3.53. The Kier molecular flexibility index (Phi) is 4.28. The van der Waals surface area contributed by atoms with Gasteiger partial charge in [-0.3, -0.25) is 0 Å². The van der Waals surface area contributed by atoms with E-state index in [1.54, 1.807) is 11.8 Å². The van der Waals surface area contributed by atoms with E-state index in [9.17, 15) is 0 Å². The second kappa shape index (κ2) is 5.94. The molecule has 0 saturated carbocycles. The first-order valence-corrected chi connectivity index (χ1v) is 6.87. The van der Waals surface area contributed by atoms with Crippen molar-refractivity contribution in [2.45, 2.75) is 11.3 Å². The highest BCUT2D eigenvalue weighted by Crippen LogP contribution is 2.43. The van der Waals surface area contributed by atoms with Crippen molar-refractivity contribution in [2.75, 3.05) is 18.0 Å². The normalized spacial score (nSPS) is 14.4. The molecule has 2 N–H and O–H groups in total. The van der Waals surface area contributed by atoms with Gasteiger partial charge in [-0.15, -0.1) is 0 Å². The summed E-state index contributed by atoms with van der Waals surface area (Å²) < 4.78 is 0. The Morgan fingerprint density at radius 1 is 1.22 bits per heavy atom. The fraction of sp³-hybridized carbons (Fsp3) is 0.200. The van der Waals surface area contributed by atoms with Crippen LogP contribution >= 0.6 is 11.8 Å². The summed E-state index contributed by atoms with van der Waals surface area (Å²) in [5.74, 6) is 0. The Morgan fingerprint density at radius 3 is 2.67 bits per heavy atom. The van der Waals surface area contributed by atoms with E-state index in [1.807, 2.05) is 12.2 Å². The summed E-state index contributed by atoms with van der Waals surface area (Å²) in [6.45, 7) is 9.42. The Labute approximate surface area is 113 Å². The summed E-state index contributed by atoms with van der Waals surface area (Å²) in [4.78, 5) is 4.69. The molecule has 0 aliphatic carbocycles. The Bertz CT molecular complexity index is 491. The van der Waals surface area contributed by atoms with Crippen molar-refractivity contribution in [3.63, 3.8) is 0 Å². The molecule has 2 nitrogen and oxygen atoms in total. The van der Waals surface area contributed by atoms with Gasteiger partial charge in [-0.05, 0) is 31.2 Å². The van der Waals surface area contributed by atoms with Gasteiger partial charge in [0, 0.05) is 16.3 Å². The van der Waals surface area contributed by atoms with E-state index >= 15 is 0 Å². The van der Waals surface area contributed by atoms with Crippen molar-refractivity contribution < 1.29 is 0 Å². The van der Waals surface area contributed by atoms with Gasteiger partial charge in [-0.1, -0.05) is 43.1 Å². The molecule has 1 heterocycles. The lowest BCUT2D eigenvalue weighted by molar-refractivity contribution is 0.795. The number of nitrogens with zero attached hydrogens (tertiary/aromatic N) is 1. The first kappa shape index (κ1) is 13.0. The summed E-state index contributed by atoms with van der Waals surface area (Å²) in [5.41, 5.74) is 7.99. The largest absolute Gasteiger partial charge is 0.340 e. The maximum atomic E-state index is 5.63. The second-order valence-corrected chi connectivity index (χ2v) is 5.11. The molecular weight excluding hydrogens is 240 g/mol. The number of rotatable bonds is 5. The van der Waals surface area contributed by atoms with Crippen LogP contribution < -0.4 is 10.6 Å². The highest BCUT2D eigenvalue weighted by Gasteiger charge is 2.21. The van der Waals surface area contributed by atoms with E-state index in [4.69, 9.17) is 5.73 Å². The van der Waals surface area contributed by atoms with E-state index in [0.29, 0.717) is 6.54 Å². The number of fused-ring (bicyclic) bond motifs is 1. The van der Waals surface area contributed by atoms with Crippen LogP contribution in [0.3, 0.4) is 0 Å². The van der Waals surface area contributed by atoms with Gasteiger partial charge < -0.3 is 10.6 Å². The minimum Gasteiger partial charge on any atom is -0.340 e. The first-order valence-electron chi connectivity index (χ1n) is 6.05. The molecule has 1 aromatic carbocycles. The van der Waals surface area contributed by atoms with Gasteiger partial charge in [-0.25, -0.2) is 0 Å². The molecule has 0 amide bonds. The standard InChI is InChI=1S/C15H18N2S/c1-3-12-14(4-2)18-15-9-6-5-8-13(15)17(12)11-7-10-16/h3-6,8-9H,1-2,7,10-11,16H2. The van der Waals surface area contributed by atoms with Crippen LogP contribution in [-0.4, -0.2) is 13.1 Å². The van der Waals surface area contributed by atoms with E-state index in [0.717, 1.165) is 23.6 Å². The minimum atomic E-state index is 0.694. The van der Waals surface area contributed by atoms with Crippen molar-refractivity contribution in [2.24, 2.45) is 5.73 Å². The van der Waals surface area contributed by atoms with E-state index in [2.05, 4.69) is 42.3 Å². The summed E-state index contributed by atoms with van der Waals surface area (Å²) in [7, 11) is 0. The van der Waals surface area contributed by atoms with Crippen LogP contribution in [0.1, 0.15) is 6.42 Å². The van der Waals surface area contributed by atoms with Crippen molar-refractivity contribution in [3.8, 4) is 0 Å². The third-order valence-corrected chi connectivity index (χ3v) is 4.04.